The highest BCUT2D eigenvalue weighted by Crippen LogP contribution is 2.24. The van der Waals surface area contributed by atoms with Crippen LogP contribution in [0.15, 0.2) is 64.0 Å². The number of benzene rings is 1. The lowest BCUT2D eigenvalue weighted by Gasteiger charge is -2.26. The summed E-state index contributed by atoms with van der Waals surface area (Å²) >= 11 is 0. The summed E-state index contributed by atoms with van der Waals surface area (Å²) in [5, 5.41) is 23.9. The maximum Gasteiger partial charge on any atom is 0.278 e. The first-order valence-corrected chi connectivity index (χ1v) is 9.19. The molecule has 1 amide bonds. The largest absolute Gasteiger partial charge is 0.508 e. The molecule has 0 fully saturated rings. The Morgan fingerprint density at radius 1 is 1.17 bits per heavy atom. The number of nitrogens with zero attached hydrogens (tertiary/aromatic N) is 5. The van der Waals surface area contributed by atoms with Crippen LogP contribution in [0.5, 0.6) is 0 Å². The number of anilines is 3. The van der Waals surface area contributed by atoms with Crippen molar-refractivity contribution < 1.29 is 14.4 Å². The molecule has 0 unspecified atom stereocenters. The SMILES string of the molecule is Cc1cc(Nc2cnn(C)c2)cc(C2=NC(C(=O)Nc3cnoc3)=C(O)CN2C)c1. The highest BCUT2D eigenvalue weighted by atomic mass is 16.5. The van der Waals surface area contributed by atoms with Crippen molar-refractivity contribution in [3.63, 3.8) is 0 Å². The van der Waals surface area contributed by atoms with Crippen LogP contribution in [0, 0.1) is 6.92 Å². The van der Waals surface area contributed by atoms with E-state index in [1.165, 1.54) is 12.5 Å². The van der Waals surface area contributed by atoms with E-state index in [0.29, 0.717) is 11.5 Å². The van der Waals surface area contributed by atoms with Gasteiger partial charge in [-0.05, 0) is 30.7 Å². The van der Waals surface area contributed by atoms with Crippen LogP contribution in [0.1, 0.15) is 11.1 Å². The number of amidine groups is 1. The number of carbonyl (C=O) groups excluding carboxylic acids is 1. The summed E-state index contributed by atoms with van der Waals surface area (Å²) in [4.78, 5) is 18.8. The molecule has 3 heterocycles. The van der Waals surface area contributed by atoms with Gasteiger partial charge in [-0.15, -0.1) is 0 Å². The van der Waals surface area contributed by atoms with E-state index in [0.717, 1.165) is 22.5 Å². The van der Waals surface area contributed by atoms with E-state index in [9.17, 15) is 9.90 Å². The zero-order valence-corrected chi connectivity index (χ0v) is 16.7. The second-order valence-electron chi connectivity index (χ2n) is 7.07. The van der Waals surface area contributed by atoms with E-state index in [-0.39, 0.29) is 18.0 Å². The van der Waals surface area contributed by atoms with Crippen molar-refractivity contribution in [1.82, 2.24) is 19.8 Å². The number of aromatic nitrogens is 3. The average molecular weight is 407 g/mol. The van der Waals surface area contributed by atoms with Gasteiger partial charge in [-0.3, -0.25) is 9.48 Å². The van der Waals surface area contributed by atoms with Crippen molar-refractivity contribution in [1.29, 1.82) is 0 Å². The fraction of sp³-hybridized carbons (Fsp3) is 0.200. The molecular formula is C20H21N7O3. The fourth-order valence-electron chi connectivity index (χ4n) is 3.19. The first-order valence-electron chi connectivity index (χ1n) is 9.19. The summed E-state index contributed by atoms with van der Waals surface area (Å²) in [6.45, 7) is 2.14. The van der Waals surface area contributed by atoms with Gasteiger partial charge in [-0.25, -0.2) is 4.99 Å². The van der Waals surface area contributed by atoms with Crippen molar-refractivity contribution >= 4 is 28.8 Å². The molecule has 10 nitrogen and oxygen atoms in total. The number of hydrogen-bond acceptors (Lipinski definition) is 8. The van der Waals surface area contributed by atoms with Crippen LogP contribution >= 0.6 is 0 Å². The van der Waals surface area contributed by atoms with Crippen molar-refractivity contribution in [2.45, 2.75) is 6.92 Å². The van der Waals surface area contributed by atoms with Crippen LogP contribution in [0.4, 0.5) is 17.1 Å². The molecule has 0 bridgehead atoms. The van der Waals surface area contributed by atoms with Gasteiger partial charge in [-0.2, -0.15) is 5.10 Å². The topological polar surface area (TPSA) is 121 Å². The maximum atomic E-state index is 12.6. The Hall–Kier alpha value is -4.08. The number of aliphatic hydroxyl groups is 1. The molecule has 2 aromatic heterocycles. The molecule has 0 spiro atoms. The van der Waals surface area contributed by atoms with E-state index in [2.05, 4.69) is 25.9 Å². The number of nitrogens with one attached hydrogen (secondary N) is 2. The van der Waals surface area contributed by atoms with Gasteiger partial charge in [0.15, 0.2) is 5.70 Å². The molecule has 0 saturated heterocycles. The molecule has 1 aromatic carbocycles. The van der Waals surface area contributed by atoms with Gasteiger partial charge in [0.2, 0.25) is 0 Å². The summed E-state index contributed by atoms with van der Waals surface area (Å²) in [6, 6.07) is 5.92. The Balaban J connectivity index is 1.65. The third-order valence-electron chi connectivity index (χ3n) is 4.47. The molecule has 0 atom stereocenters. The zero-order chi connectivity index (χ0) is 21.3. The molecule has 4 rings (SSSR count). The molecule has 154 valence electrons. The lowest BCUT2D eigenvalue weighted by molar-refractivity contribution is -0.113. The van der Waals surface area contributed by atoms with Crippen LogP contribution in [-0.2, 0) is 11.8 Å². The maximum absolute atomic E-state index is 12.6. The van der Waals surface area contributed by atoms with Gasteiger partial charge < -0.3 is 25.2 Å². The lowest BCUT2D eigenvalue weighted by Crippen LogP contribution is -2.35. The Morgan fingerprint density at radius 2 is 2.00 bits per heavy atom. The highest BCUT2D eigenvalue weighted by Gasteiger charge is 2.25. The summed E-state index contributed by atoms with van der Waals surface area (Å²) in [7, 11) is 3.66. The number of hydrogen-bond donors (Lipinski definition) is 3. The van der Waals surface area contributed by atoms with E-state index in [1.54, 1.807) is 22.8 Å². The standard InChI is InChI=1S/C20H21N7O3/c1-12-4-13(6-14(5-12)23-15-7-21-27(3)9-15)19-25-18(17(28)10-26(19)2)20(29)24-16-8-22-30-11-16/h4-9,11,23,28H,10H2,1-3H3,(H,24,29). The predicted octanol–water partition coefficient (Wildman–Crippen LogP) is 2.56. The highest BCUT2D eigenvalue weighted by molar-refractivity contribution is 6.09. The molecule has 0 saturated carbocycles. The quantitative estimate of drug-likeness (QED) is 0.594. The molecule has 10 heteroatoms. The number of rotatable bonds is 5. The van der Waals surface area contributed by atoms with Crippen LogP contribution in [0.3, 0.4) is 0 Å². The first kappa shape index (κ1) is 19.2. The molecule has 0 aliphatic carbocycles. The Kier molecular flexibility index (Phi) is 4.97. The molecule has 30 heavy (non-hydrogen) atoms. The zero-order valence-electron chi connectivity index (χ0n) is 16.7. The Labute approximate surface area is 172 Å². The minimum Gasteiger partial charge on any atom is -0.508 e. The molecule has 0 radical (unpaired) electrons. The summed E-state index contributed by atoms with van der Waals surface area (Å²) in [6.07, 6.45) is 6.28. The second kappa shape index (κ2) is 7.74. The van der Waals surface area contributed by atoms with Crippen molar-refractivity contribution in [2.75, 3.05) is 24.2 Å². The number of amides is 1. The molecule has 3 aromatic rings. The molecule has 1 aliphatic rings. The van der Waals surface area contributed by atoms with Crippen LogP contribution in [-0.4, -0.2) is 50.3 Å². The van der Waals surface area contributed by atoms with Crippen LogP contribution in [0.25, 0.3) is 0 Å². The van der Waals surface area contributed by atoms with Gasteiger partial charge in [0.1, 0.15) is 23.5 Å². The van der Waals surface area contributed by atoms with Crippen molar-refractivity contribution in [3.05, 3.63) is 65.6 Å². The lowest BCUT2D eigenvalue weighted by atomic mass is 10.1. The van der Waals surface area contributed by atoms with Gasteiger partial charge in [0.25, 0.3) is 5.91 Å². The summed E-state index contributed by atoms with van der Waals surface area (Å²) in [5.74, 6) is -0.0829. The van der Waals surface area contributed by atoms with E-state index in [4.69, 9.17) is 4.52 Å². The summed E-state index contributed by atoms with van der Waals surface area (Å²) < 4.78 is 6.43. The minimum absolute atomic E-state index is 0.0485. The van der Waals surface area contributed by atoms with Gasteiger partial charge >= 0.3 is 0 Å². The molecule has 1 aliphatic heterocycles. The van der Waals surface area contributed by atoms with Gasteiger partial charge in [0.05, 0.1) is 24.6 Å². The molecule has 3 N–H and O–H groups in total. The third-order valence-corrected chi connectivity index (χ3v) is 4.47. The summed E-state index contributed by atoms with van der Waals surface area (Å²) in [5.41, 5.74) is 3.89. The third kappa shape index (κ3) is 4.02. The van der Waals surface area contributed by atoms with Crippen molar-refractivity contribution in [3.8, 4) is 0 Å². The smallest absolute Gasteiger partial charge is 0.278 e. The van der Waals surface area contributed by atoms with E-state index < -0.39 is 5.91 Å². The van der Waals surface area contributed by atoms with Gasteiger partial charge in [-0.1, -0.05) is 5.16 Å². The number of aliphatic hydroxyl groups excluding tert-OH is 1. The average Bonchev–Trinajstić information content (AvgIpc) is 3.33. The normalized spacial score (nSPS) is 14.0. The number of aryl methyl sites for hydroxylation is 2. The molecular weight excluding hydrogens is 386 g/mol. The van der Waals surface area contributed by atoms with Crippen molar-refractivity contribution in [2.24, 2.45) is 12.0 Å². The predicted molar refractivity (Wildman–Crippen MR) is 112 cm³/mol. The number of likely N-dealkylation sites (N-methyl/N-ethyl adjacent to an activating group) is 1. The first-order chi connectivity index (χ1) is 14.4. The van der Waals surface area contributed by atoms with E-state index in [1.807, 2.05) is 38.4 Å². The Morgan fingerprint density at radius 3 is 2.70 bits per heavy atom. The van der Waals surface area contributed by atoms with Gasteiger partial charge in [0, 0.05) is 31.5 Å². The van der Waals surface area contributed by atoms with E-state index >= 15 is 0 Å². The van der Waals surface area contributed by atoms with Crippen LogP contribution in [0.2, 0.25) is 0 Å². The fourth-order valence-corrected chi connectivity index (χ4v) is 3.19. The second-order valence-corrected chi connectivity index (χ2v) is 7.07. The minimum atomic E-state index is -0.539. The number of carbonyl (C=O) groups is 1. The van der Waals surface area contributed by atoms with Crippen LogP contribution < -0.4 is 10.6 Å². The monoisotopic (exact) mass is 407 g/mol. The Bertz CT molecular complexity index is 1150. The number of aliphatic imine (C=N–C) groups is 1.